The van der Waals surface area contributed by atoms with E-state index in [1.807, 2.05) is 0 Å². The van der Waals surface area contributed by atoms with E-state index in [0.29, 0.717) is 5.56 Å². The van der Waals surface area contributed by atoms with Crippen molar-refractivity contribution in [2.24, 2.45) is 0 Å². The van der Waals surface area contributed by atoms with Gasteiger partial charge in [0.1, 0.15) is 0 Å². The van der Waals surface area contributed by atoms with E-state index in [1.54, 1.807) is 62.4 Å². The topological polar surface area (TPSA) is 90.0 Å². The zero-order chi connectivity index (χ0) is 21.1. The highest BCUT2D eigenvalue weighted by molar-refractivity contribution is 7.93. The third-order valence-electron chi connectivity index (χ3n) is 4.85. The van der Waals surface area contributed by atoms with E-state index < -0.39 is 39.2 Å². The van der Waals surface area contributed by atoms with E-state index >= 15 is 0 Å². The second kappa shape index (κ2) is 8.24. The van der Waals surface area contributed by atoms with E-state index in [-0.39, 0.29) is 18.9 Å². The van der Waals surface area contributed by atoms with Crippen molar-refractivity contribution in [3.05, 3.63) is 66.2 Å². The Bertz CT molecular complexity index is 957. The maximum Gasteiger partial charge on any atom is 0.345 e. The molecule has 1 fully saturated rings. The van der Waals surface area contributed by atoms with Gasteiger partial charge >= 0.3 is 11.9 Å². The maximum atomic E-state index is 13.3. The van der Waals surface area contributed by atoms with Crippen LogP contribution in [-0.2, 0) is 29.1 Å². The number of carbonyl (C=O) groups is 2. The van der Waals surface area contributed by atoms with Crippen LogP contribution in [0.5, 0.6) is 0 Å². The van der Waals surface area contributed by atoms with Crippen LogP contribution in [0.2, 0.25) is 0 Å². The Kier molecular flexibility index (Phi) is 5.93. The fourth-order valence-electron chi connectivity index (χ4n) is 3.73. The van der Waals surface area contributed by atoms with Crippen molar-refractivity contribution in [3.8, 4) is 0 Å². The minimum Gasteiger partial charge on any atom is -0.464 e. The van der Waals surface area contributed by atoms with Crippen LogP contribution >= 0.6 is 0 Å². The predicted octanol–water partition coefficient (Wildman–Crippen LogP) is 2.49. The molecular formula is C21H23NO6S. The molecule has 0 N–H and O–H groups in total. The van der Waals surface area contributed by atoms with Gasteiger partial charge in [0.2, 0.25) is 10.0 Å². The molecule has 0 aliphatic carbocycles. The molecule has 0 aromatic heterocycles. The summed E-state index contributed by atoms with van der Waals surface area (Å²) < 4.78 is 38.0. The summed E-state index contributed by atoms with van der Waals surface area (Å²) in [4.78, 5) is 26.6. The Balaban J connectivity index is 2.34. The van der Waals surface area contributed by atoms with Crippen LogP contribution in [0.4, 0.5) is 5.69 Å². The van der Waals surface area contributed by atoms with Crippen LogP contribution in [0.1, 0.15) is 25.3 Å². The van der Waals surface area contributed by atoms with Crippen LogP contribution in [0, 0.1) is 0 Å². The second-order valence-corrected chi connectivity index (χ2v) is 8.41. The van der Waals surface area contributed by atoms with E-state index in [4.69, 9.17) is 9.47 Å². The molecule has 2 aromatic rings. The second-order valence-electron chi connectivity index (χ2n) is 6.55. The molecule has 7 nitrogen and oxygen atoms in total. The van der Waals surface area contributed by atoms with Gasteiger partial charge in [-0.1, -0.05) is 48.5 Å². The first-order valence-electron chi connectivity index (χ1n) is 9.37. The summed E-state index contributed by atoms with van der Waals surface area (Å²) in [6, 6.07) is 16.7. The number of hydrogen-bond donors (Lipinski definition) is 0. The summed E-state index contributed by atoms with van der Waals surface area (Å²) >= 11 is 0. The molecule has 0 radical (unpaired) electrons. The first kappa shape index (κ1) is 20.9. The largest absolute Gasteiger partial charge is 0.464 e. The first-order valence-corrected chi connectivity index (χ1v) is 11.0. The van der Waals surface area contributed by atoms with Gasteiger partial charge in [0, 0.05) is 5.92 Å². The highest BCUT2D eigenvalue weighted by atomic mass is 32.2. The van der Waals surface area contributed by atoms with Crippen molar-refractivity contribution in [1.29, 1.82) is 0 Å². The third-order valence-corrected chi connectivity index (χ3v) is 6.66. The molecule has 0 bridgehead atoms. The monoisotopic (exact) mass is 417 g/mol. The number of nitrogens with zero attached hydrogens (tertiary/aromatic N) is 1. The number of para-hydroxylation sites is 1. The maximum absolute atomic E-state index is 13.3. The van der Waals surface area contributed by atoms with Gasteiger partial charge in [-0.05, 0) is 31.5 Å². The predicted molar refractivity (Wildman–Crippen MR) is 108 cm³/mol. The number of anilines is 1. The number of ether oxygens (including phenoxy) is 2. The van der Waals surface area contributed by atoms with Crippen LogP contribution in [-0.4, -0.2) is 44.9 Å². The van der Waals surface area contributed by atoms with Crippen LogP contribution < -0.4 is 4.31 Å². The summed E-state index contributed by atoms with van der Waals surface area (Å²) in [5.41, 5.74) is -1.45. The van der Waals surface area contributed by atoms with Gasteiger partial charge in [0.05, 0.1) is 24.7 Å². The molecule has 1 heterocycles. The number of rotatable bonds is 6. The molecule has 0 saturated carbocycles. The molecule has 0 amide bonds. The quantitative estimate of drug-likeness (QED) is 0.530. The van der Waals surface area contributed by atoms with Crippen LogP contribution in [0.25, 0.3) is 0 Å². The number of sulfonamides is 1. The highest BCUT2D eigenvalue weighted by Crippen LogP contribution is 2.47. The zero-order valence-corrected chi connectivity index (χ0v) is 17.1. The minimum absolute atomic E-state index is 0.00975. The molecule has 1 aliphatic heterocycles. The molecule has 3 rings (SSSR count). The molecule has 8 heteroatoms. The molecule has 1 atom stereocenters. The lowest BCUT2D eigenvalue weighted by molar-refractivity contribution is -0.164. The molecule has 1 saturated heterocycles. The number of hydrogen-bond acceptors (Lipinski definition) is 6. The summed E-state index contributed by atoms with van der Waals surface area (Å²) in [5.74, 6) is -3.31. The van der Waals surface area contributed by atoms with Crippen molar-refractivity contribution in [2.75, 3.05) is 23.3 Å². The molecular weight excluding hydrogens is 394 g/mol. The van der Waals surface area contributed by atoms with E-state index in [1.165, 1.54) is 12.1 Å². The Labute approximate surface area is 170 Å². The van der Waals surface area contributed by atoms with Crippen molar-refractivity contribution in [3.63, 3.8) is 0 Å². The molecule has 1 unspecified atom stereocenters. The van der Waals surface area contributed by atoms with Gasteiger partial charge in [-0.2, -0.15) is 0 Å². The van der Waals surface area contributed by atoms with Crippen molar-refractivity contribution < 1.29 is 27.5 Å². The van der Waals surface area contributed by atoms with Gasteiger partial charge in [-0.15, -0.1) is 0 Å². The standard InChI is InChI=1S/C21H23NO6S/c1-3-27-19(23)21(20(24)28-4-2)18(16-11-7-5-8-12-16)15-29(25,26)22(21)17-13-9-6-10-14-17/h5-14,18H,3-4,15H2,1-2H3. The van der Waals surface area contributed by atoms with E-state index in [9.17, 15) is 18.0 Å². The van der Waals surface area contributed by atoms with Gasteiger partial charge in [0.25, 0.3) is 5.54 Å². The lowest BCUT2D eigenvalue weighted by Crippen LogP contribution is -2.62. The fraction of sp³-hybridized carbons (Fsp3) is 0.333. The Morgan fingerprint density at radius 2 is 1.41 bits per heavy atom. The fourth-order valence-corrected chi connectivity index (χ4v) is 5.89. The summed E-state index contributed by atoms with van der Waals surface area (Å²) in [6.45, 7) is 3.18. The smallest absolute Gasteiger partial charge is 0.345 e. The van der Waals surface area contributed by atoms with Crippen molar-refractivity contribution >= 4 is 27.6 Å². The average molecular weight is 417 g/mol. The first-order chi connectivity index (χ1) is 13.9. The zero-order valence-electron chi connectivity index (χ0n) is 16.3. The molecule has 0 spiro atoms. The van der Waals surface area contributed by atoms with E-state index in [0.717, 1.165) is 4.31 Å². The Morgan fingerprint density at radius 1 is 0.931 bits per heavy atom. The summed E-state index contributed by atoms with van der Waals surface area (Å²) in [5, 5.41) is 0. The SMILES string of the molecule is CCOC(=O)C1(C(=O)OCC)C(c2ccccc2)CS(=O)(=O)N1c1ccccc1. The van der Waals surface area contributed by atoms with Gasteiger partial charge in [0.15, 0.2) is 0 Å². The molecule has 1 aliphatic rings. The van der Waals surface area contributed by atoms with Gasteiger partial charge in [-0.3, -0.25) is 0 Å². The number of carbonyl (C=O) groups excluding carboxylic acids is 2. The number of esters is 2. The molecule has 29 heavy (non-hydrogen) atoms. The van der Waals surface area contributed by atoms with Crippen molar-refractivity contribution in [2.45, 2.75) is 25.3 Å². The highest BCUT2D eigenvalue weighted by Gasteiger charge is 2.68. The Hall–Kier alpha value is -2.87. The Morgan fingerprint density at radius 3 is 1.90 bits per heavy atom. The minimum atomic E-state index is -4.04. The lowest BCUT2D eigenvalue weighted by atomic mass is 9.79. The van der Waals surface area contributed by atoms with Crippen LogP contribution in [0.3, 0.4) is 0 Å². The average Bonchev–Trinajstić information content (AvgIpc) is 2.98. The summed E-state index contributed by atoms with van der Waals surface area (Å²) in [7, 11) is -4.04. The van der Waals surface area contributed by atoms with Gasteiger partial charge in [-0.25, -0.2) is 22.3 Å². The molecule has 2 aromatic carbocycles. The van der Waals surface area contributed by atoms with E-state index in [2.05, 4.69) is 0 Å². The van der Waals surface area contributed by atoms with Crippen LogP contribution in [0.15, 0.2) is 60.7 Å². The third kappa shape index (κ3) is 3.48. The number of benzene rings is 2. The normalized spacial score (nSPS) is 19.5. The van der Waals surface area contributed by atoms with Gasteiger partial charge < -0.3 is 9.47 Å². The van der Waals surface area contributed by atoms with Crippen molar-refractivity contribution in [1.82, 2.24) is 0 Å². The molecule has 154 valence electrons. The lowest BCUT2D eigenvalue weighted by Gasteiger charge is -2.37. The summed E-state index contributed by atoms with van der Waals surface area (Å²) in [6.07, 6.45) is 0.